The van der Waals surface area contributed by atoms with Gasteiger partial charge in [-0.05, 0) is 19.1 Å². The van der Waals surface area contributed by atoms with Crippen molar-refractivity contribution in [3.63, 3.8) is 0 Å². The molecule has 3 rings (SSSR count). The topological polar surface area (TPSA) is 60.5 Å². The van der Waals surface area contributed by atoms with Gasteiger partial charge in [-0.1, -0.05) is 11.6 Å². The second kappa shape index (κ2) is 6.45. The Morgan fingerprint density at radius 2 is 1.88 bits per heavy atom. The first kappa shape index (κ1) is 16.2. The fraction of sp³-hybridized carbons (Fsp3) is 0.188. The Morgan fingerprint density at radius 1 is 1.12 bits per heavy atom. The van der Waals surface area contributed by atoms with E-state index >= 15 is 0 Å². The standard InChI is InChI=1S/C16H14ClFN4O2/c1-9-16(22-8-10(18)4-5-15(22)19-9)21-20-12-7-13(23-2)11(17)6-14(12)24-3/h4-8H,1-3H3. The van der Waals surface area contributed by atoms with Crippen molar-refractivity contribution in [1.29, 1.82) is 0 Å². The Bertz CT molecular complexity index is 939. The molecule has 0 saturated carbocycles. The van der Waals surface area contributed by atoms with Crippen LogP contribution in [0.2, 0.25) is 5.02 Å². The zero-order valence-corrected chi connectivity index (χ0v) is 14.0. The van der Waals surface area contributed by atoms with Crippen LogP contribution in [0.1, 0.15) is 5.69 Å². The highest BCUT2D eigenvalue weighted by Gasteiger charge is 2.12. The number of benzene rings is 1. The first-order valence-electron chi connectivity index (χ1n) is 7.01. The number of hydrogen-bond acceptors (Lipinski definition) is 5. The molecule has 1 aromatic carbocycles. The van der Waals surface area contributed by atoms with E-state index in [1.165, 1.54) is 30.9 Å². The third-order valence-electron chi connectivity index (χ3n) is 3.43. The number of aromatic nitrogens is 2. The number of pyridine rings is 1. The van der Waals surface area contributed by atoms with Crippen LogP contribution in [-0.4, -0.2) is 23.6 Å². The van der Waals surface area contributed by atoms with Crippen LogP contribution in [0.3, 0.4) is 0 Å². The molecule has 0 saturated heterocycles. The lowest BCUT2D eigenvalue weighted by Crippen LogP contribution is -1.88. The van der Waals surface area contributed by atoms with E-state index in [-0.39, 0.29) is 5.82 Å². The number of hydrogen-bond donors (Lipinski definition) is 0. The van der Waals surface area contributed by atoms with E-state index in [1.807, 2.05) is 0 Å². The van der Waals surface area contributed by atoms with Crippen LogP contribution >= 0.6 is 11.6 Å². The van der Waals surface area contributed by atoms with Gasteiger partial charge in [0.05, 0.1) is 24.9 Å². The van der Waals surface area contributed by atoms with Crippen LogP contribution in [0.4, 0.5) is 15.9 Å². The molecule has 0 atom stereocenters. The molecule has 24 heavy (non-hydrogen) atoms. The molecule has 8 heteroatoms. The van der Waals surface area contributed by atoms with Crippen molar-refractivity contribution in [2.24, 2.45) is 10.2 Å². The maximum atomic E-state index is 13.5. The maximum absolute atomic E-state index is 13.5. The van der Waals surface area contributed by atoms with Gasteiger partial charge in [-0.25, -0.2) is 9.37 Å². The highest BCUT2D eigenvalue weighted by Crippen LogP contribution is 2.38. The van der Waals surface area contributed by atoms with Gasteiger partial charge in [0, 0.05) is 18.3 Å². The molecule has 0 bridgehead atoms. The van der Waals surface area contributed by atoms with Crippen molar-refractivity contribution >= 4 is 28.8 Å². The predicted octanol–water partition coefficient (Wildman–Crippen LogP) is 4.87. The molecule has 0 aliphatic heterocycles. The van der Waals surface area contributed by atoms with Crippen molar-refractivity contribution in [1.82, 2.24) is 9.38 Å². The van der Waals surface area contributed by atoms with Gasteiger partial charge in [0.15, 0.2) is 5.82 Å². The van der Waals surface area contributed by atoms with Crippen molar-refractivity contribution in [2.45, 2.75) is 6.92 Å². The maximum Gasteiger partial charge on any atom is 0.182 e. The smallest absolute Gasteiger partial charge is 0.182 e. The fourth-order valence-corrected chi connectivity index (χ4v) is 2.50. The number of azo groups is 1. The van der Waals surface area contributed by atoms with Gasteiger partial charge < -0.3 is 9.47 Å². The average molecular weight is 349 g/mol. The monoisotopic (exact) mass is 348 g/mol. The molecule has 2 aromatic heterocycles. The van der Waals surface area contributed by atoms with Gasteiger partial charge >= 0.3 is 0 Å². The molecule has 0 N–H and O–H groups in total. The first-order chi connectivity index (χ1) is 11.5. The lowest BCUT2D eigenvalue weighted by atomic mass is 10.3. The van der Waals surface area contributed by atoms with Crippen LogP contribution in [0.5, 0.6) is 11.5 Å². The number of methoxy groups -OCH3 is 2. The molecule has 0 radical (unpaired) electrons. The van der Waals surface area contributed by atoms with Gasteiger partial charge in [0.1, 0.15) is 28.7 Å². The van der Waals surface area contributed by atoms with E-state index in [0.717, 1.165) is 0 Å². The molecule has 0 amide bonds. The number of rotatable bonds is 4. The summed E-state index contributed by atoms with van der Waals surface area (Å²) in [6.45, 7) is 1.78. The van der Waals surface area contributed by atoms with Gasteiger partial charge in [0.25, 0.3) is 0 Å². The number of nitrogens with zero attached hydrogens (tertiary/aromatic N) is 4. The molecule has 6 nitrogen and oxygen atoms in total. The SMILES string of the molecule is COc1cc(N=Nc2c(C)nc3ccc(F)cn23)c(OC)cc1Cl. The van der Waals surface area contributed by atoms with E-state index in [1.54, 1.807) is 25.1 Å². The van der Waals surface area contributed by atoms with Crippen molar-refractivity contribution < 1.29 is 13.9 Å². The molecule has 3 aromatic rings. The van der Waals surface area contributed by atoms with Crippen molar-refractivity contribution in [3.8, 4) is 11.5 Å². The number of ether oxygens (including phenoxy) is 2. The molecule has 0 spiro atoms. The Balaban J connectivity index is 2.08. The number of halogens is 2. The summed E-state index contributed by atoms with van der Waals surface area (Å²) in [5.41, 5.74) is 1.65. The summed E-state index contributed by atoms with van der Waals surface area (Å²) in [6, 6.07) is 6.13. The summed E-state index contributed by atoms with van der Waals surface area (Å²) in [5.74, 6) is 0.942. The van der Waals surface area contributed by atoms with E-state index in [4.69, 9.17) is 21.1 Å². The predicted molar refractivity (Wildman–Crippen MR) is 88.6 cm³/mol. The highest BCUT2D eigenvalue weighted by molar-refractivity contribution is 6.32. The quantitative estimate of drug-likeness (QED) is 0.632. The molecule has 0 aliphatic carbocycles. The molecule has 2 heterocycles. The van der Waals surface area contributed by atoms with E-state index < -0.39 is 0 Å². The summed E-state index contributed by atoms with van der Waals surface area (Å²) >= 11 is 6.07. The average Bonchev–Trinajstić information content (AvgIpc) is 2.88. The minimum absolute atomic E-state index is 0.387. The zero-order valence-electron chi connectivity index (χ0n) is 13.2. The first-order valence-corrected chi connectivity index (χ1v) is 7.38. The number of imidazole rings is 1. The molecule has 0 aliphatic rings. The van der Waals surface area contributed by atoms with Gasteiger partial charge in [-0.15, -0.1) is 10.2 Å². The van der Waals surface area contributed by atoms with Gasteiger partial charge in [-0.3, -0.25) is 4.40 Å². The second-order valence-electron chi connectivity index (χ2n) is 4.95. The molecule has 124 valence electrons. The summed E-state index contributed by atoms with van der Waals surface area (Å²) in [4.78, 5) is 4.32. The summed E-state index contributed by atoms with van der Waals surface area (Å²) in [5, 5.41) is 8.79. The Labute approximate surface area is 142 Å². The Hall–Kier alpha value is -2.67. The summed E-state index contributed by atoms with van der Waals surface area (Å²) in [6.07, 6.45) is 1.31. The molecular formula is C16H14ClFN4O2. The third kappa shape index (κ3) is 2.90. The zero-order chi connectivity index (χ0) is 17.3. The van der Waals surface area contributed by atoms with Crippen LogP contribution in [0, 0.1) is 12.7 Å². The lowest BCUT2D eigenvalue weighted by molar-refractivity contribution is 0.404. The van der Waals surface area contributed by atoms with E-state index in [2.05, 4.69) is 15.2 Å². The van der Waals surface area contributed by atoms with Gasteiger partial charge in [-0.2, -0.15) is 0 Å². The normalized spacial score (nSPS) is 11.4. The third-order valence-corrected chi connectivity index (χ3v) is 3.73. The molecular weight excluding hydrogens is 335 g/mol. The van der Waals surface area contributed by atoms with Crippen molar-refractivity contribution in [3.05, 3.63) is 47.0 Å². The van der Waals surface area contributed by atoms with Crippen LogP contribution < -0.4 is 9.47 Å². The minimum atomic E-state index is -0.387. The summed E-state index contributed by atoms with van der Waals surface area (Å²) in [7, 11) is 3.01. The van der Waals surface area contributed by atoms with Crippen molar-refractivity contribution in [2.75, 3.05) is 14.2 Å². The highest BCUT2D eigenvalue weighted by atomic mass is 35.5. The fourth-order valence-electron chi connectivity index (χ4n) is 2.27. The summed E-state index contributed by atoms with van der Waals surface area (Å²) < 4.78 is 25.4. The largest absolute Gasteiger partial charge is 0.495 e. The molecule has 0 unspecified atom stereocenters. The Morgan fingerprint density at radius 3 is 2.58 bits per heavy atom. The van der Waals surface area contributed by atoms with Crippen LogP contribution in [0.25, 0.3) is 5.65 Å². The Kier molecular flexibility index (Phi) is 4.35. The van der Waals surface area contributed by atoms with Crippen LogP contribution in [-0.2, 0) is 0 Å². The number of fused-ring (bicyclic) bond motifs is 1. The number of aryl methyl sites for hydroxylation is 1. The molecule has 0 fully saturated rings. The van der Waals surface area contributed by atoms with Crippen LogP contribution in [0.15, 0.2) is 40.7 Å². The second-order valence-corrected chi connectivity index (χ2v) is 5.36. The van der Waals surface area contributed by atoms with E-state index in [9.17, 15) is 4.39 Å². The van der Waals surface area contributed by atoms with Gasteiger partial charge in [0.2, 0.25) is 0 Å². The minimum Gasteiger partial charge on any atom is -0.495 e. The lowest BCUT2D eigenvalue weighted by Gasteiger charge is -2.08. The van der Waals surface area contributed by atoms with E-state index in [0.29, 0.717) is 39.4 Å².